The Morgan fingerprint density at radius 3 is 2.31 bits per heavy atom. The van der Waals surface area contributed by atoms with Crippen LogP contribution in [0.1, 0.15) is 18.1 Å². The summed E-state index contributed by atoms with van der Waals surface area (Å²) < 4.78 is 15.6. The average molecular weight is 363 g/mol. The second-order valence-corrected chi connectivity index (χ2v) is 7.32. The van der Waals surface area contributed by atoms with Crippen LogP contribution in [-0.2, 0) is 12.2 Å². The van der Waals surface area contributed by atoms with Gasteiger partial charge in [-0.2, -0.15) is 0 Å². The molecule has 4 heteroatoms. The van der Waals surface area contributed by atoms with E-state index < -0.39 is 5.79 Å². The monoisotopic (exact) mass is 363 g/mol. The predicted molar refractivity (Wildman–Crippen MR) is 105 cm³/mol. The van der Waals surface area contributed by atoms with Crippen LogP contribution in [0.15, 0.2) is 83.8 Å². The van der Waals surface area contributed by atoms with Crippen molar-refractivity contribution in [2.75, 3.05) is 6.54 Å². The quantitative estimate of drug-likeness (QED) is 0.483. The van der Waals surface area contributed by atoms with Gasteiger partial charge in [-0.3, -0.25) is 4.72 Å². The standard InChI is InChI=1S/C22H21NO2S/c1-22(18-10-6-3-7-11-18)24-20-13-12-19(16-21(20)25-22)26-23-15-14-17-8-4-2-5-9-17/h2-13,16,23H,14-15H2,1H3. The van der Waals surface area contributed by atoms with E-state index >= 15 is 0 Å². The number of hydrogen-bond donors (Lipinski definition) is 1. The van der Waals surface area contributed by atoms with Crippen LogP contribution in [0.4, 0.5) is 0 Å². The summed E-state index contributed by atoms with van der Waals surface area (Å²) in [5.41, 5.74) is 2.34. The molecule has 3 aromatic rings. The van der Waals surface area contributed by atoms with Gasteiger partial charge < -0.3 is 9.47 Å². The minimum Gasteiger partial charge on any atom is -0.445 e. The van der Waals surface area contributed by atoms with Crippen molar-refractivity contribution in [1.82, 2.24) is 4.72 Å². The smallest absolute Gasteiger partial charge is 0.275 e. The van der Waals surface area contributed by atoms with E-state index in [-0.39, 0.29) is 0 Å². The minimum absolute atomic E-state index is 0.770. The first kappa shape index (κ1) is 17.0. The van der Waals surface area contributed by atoms with E-state index in [1.54, 1.807) is 11.9 Å². The summed E-state index contributed by atoms with van der Waals surface area (Å²) in [6.07, 6.45) is 1.00. The van der Waals surface area contributed by atoms with E-state index in [1.807, 2.05) is 55.5 Å². The Labute approximate surface area is 158 Å². The first-order chi connectivity index (χ1) is 12.7. The van der Waals surface area contributed by atoms with E-state index in [0.29, 0.717) is 0 Å². The Hall–Kier alpha value is -2.43. The molecular formula is C22H21NO2S. The zero-order valence-electron chi connectivity index (χ0n) is 14.6. The number of ether oxygens (including phenoxy) is 2. The van der Waals surface area contributed by atoms with Crippen LogP contribution >= 0.6 is 11.9 Å². The van der Waals surface area contributed by atoms with Gasteiger partial charge in [0, 0.05) is 23.9 Å². The number of rotatable bonds is 6. The molecule has 1 aliphatic rings. The van der Waals surface area contributed by atoms with E-state index in [0.717, 1.165) is 34.9 Å². The van der Waals surface area contributed by atoms with Gasteiger partial charge in [-0.1, -0.05) is 60.7 Å². The Kier molecular flexibility index (Phi) is 4.87. The molecule has 0 aliphatic carbocycles. The first-order valence-electron chi connectivity index (χ1n) is 8.74. The highest BCUT2D eigenvalue weighted by atomic mass is 32.2. The molecule has 26 heavy (non-hydrogen) atoms. The average Bonchev–Trinajstić information content (AvgIpc) is 3.03. The van der Waals surface area contributed by atoms with Crippen molar-refractivity contribution in [2.24, 2.45) is 0 Å². The van der Waals surface area contributed by atoms with Crippen LogP contribution in [0, 0.1) is 0 Å². The van der Waals surface area contributed by atoms with Gasteiger partial charge in [-0.05, 0) is 42.1 Å². The van der Waals surface area contributed by atoms with Gasteiger partial charge in [-0.25, -0.2) is 0 Å². The molecule has 0 fully saturated rings. The molecule has 0 amide bonds. The summed E-state index contributed by atoms with van der Waals surface area (Å²) in [4.78, 5) is 1.11. The highest BCUT2D eigenvalue weighted by Gasteiger charge is 2.38. The minimum atomic E-state index is -0.770. The first-order valence-corrected chi connectivity index (χ1v) is 9.56. The molecule has 1 N–H and O–H groups in total. The molecular weight excluding hydrogens is 342 g/mol. The molecule has 1 unspecified atom stereocenters. The molecule has 0 radical (unpaired) electrons. The van der Waals surface area contributed by atoms with Crippen LogP contribution in [-0.4, -0.2) is 6.54 Å². The van der Waals surface area contributed by atoms with Crippen LogP contribution in [0.5, 0.6) is 11.5 Å². The third-order valence-electron chi connectivity index (χ3n) is 4.37. The summed E-state index contributed by atoms with van der Waals surface area (Å²) in [6, 6.07) is 26.6. The predicted octanol–water partition coefficient (Wildman–Crippen LogP) is 5.17. The molecule has 1 heterocycles. The SMILES string of the molecule is CC1(c2ccccc2)Oc2ccc(SNCCc3ccccc3)cc2O1. The second kappa shape index (κ2) is 7.44. The third kappa shape index (κ3) is 3.71. The highest BCUT2D eigenvalue weighted by molar-refractivity contribution is 7.97. The molecule has 0 spiro atoms. The van der Waals surface area contributed by atoms with Gasteiger partial charge in [0.05, 0.1) is 0 Å². The fourth-order valence-corrected chi connectivity index (χ4v) is 3.66. The molecule has 1 aliphatic heterocycles. The Morgan fingerprint density at radius 1 is 0.846 bits per heavy atom. The summed E-state index contributed by atoms with van der Waals surface area (Å²) in [5.74, 6) is 0.796. The number of nitrogens with one attached hydrogen (secondary N) is 1. The zero-order chi connectivity index (χ0) is 17.8. The van der Waals surface area contributed by atoms with Gasteiger partial charge >= 0.3 is 0 Å². The van der Waals surface area contributed by atoms with Crippen LogP contribution in [0.2, 0.25) is 0 Å². The lowest BCUT2D eigenvalue weighted by molar-refractivity contribution is -0.0680. The largest absolute Gasteiger partial charge is 0.445 e. The van der Waals surface area contributed by atoms with Gasteiger partial charge in [0.1, 0.15) is 0 Å². The van der Waals surface area contributed by atoms with E-state index in [1.165, 1.54) is 5.56 Å². The summed E-state index contributed by atoms with van der Waals surface area (Å²) >= 11 is 1.62. The topological polar surface area (TPSA) is 30.5 Å². The number of fused-ring (bicyclic) bond motifs is 1. The van der Waals surface area contributed by atoms with Crippen LogP contribution in [0.3, 0.4) is 0 Å². The molecule has 4 rings (SSSR count). The molecule has 132 valence electrons. The molecule has 0 saturated heterocycles. The Balaban J connectivity index is 1.36. The van der Waals surface area contributed by atoms with Crippen molar-refractivity contribution < 1.29 is 9.47 Å². The Morgan fingerprint density at radius 2 is 1.54 bits per heavy atom. The zero-order valence-corrected chi connectivity index (χ0v) is 15.5. The van der Waals surface area contributed by atoms with Crippen molar-refractivity contribution in [3.63, 3.8) is 0 Å². The maximum absolute atomic E-state index is 6.13. The van der Waals surface area contributed by atoms with Crippen molar-refractivity contribution in [1.29, 1.82) is 0 Å². The molecule has 0 saturated carbocycles. The van der Waals surface area contributed by atoms with Crippen LogP contribution in [0.25, 0.3) is 0 Å². The lowest BCUT2D eigenvalue weighted by atomic mass is 10.1. The maximum Gasteiger partial charge on any atom is 0.275 e. The fourth-order valence-electron chi connectivity index (χ4n) is 2.99. The fraction of sp³-hybridized carbons (Fsp3) is 0.182. The Bertz CT molecular complexity index is 870. The molecule has 1 atom stereocenters. The maximum atomic E-state index is 6.13. The van der Waals surface area contributed by atoms with Gasteiger partial charge in [0.15, 0.2) is 11.5 Å². The summed E-state index contributed by atoms with van der Waals surface area (Å²) in [6.45, 7) is 2.86. The van der Waals surface area contributed by atoms with Crippen molar-refractivity contribution >= 4 is 11.9 Å². The van der Waals surface area contributed by atoms with Gasteiger partial charge in [-0.15, -0.1) is 0 Å². The summed E-state index contributed by atoms with van der Waals surface area (Å²) in [5, 5.41) is 0. The lowest BCUT2D eigenvalue weighted by Gasteiger charge is -2.23. The summed E-state index contributed by atoms with van der Waals surface area (Å²) in [7, 11) is 0. The lowest BCUT2D eigenvalue weighted by Crippen LogP contribution is -2.31. The molecule has 0 bridgehead atoms. The van der Waals surface area contributed by atoms with E-state index in [2.05, 4.69) is 35.1 Å². The normalized spacial score (nSPS) is 18.0. The van der Waals surface area contributed by atoms with Gasteiger partial charge in [0.2, 0.25) is 0 Å². The van der Waals surface area contributed by atoms with E-state index in [4.69, 9.17) is 9.47 Å². The van der Waals surface area contributed by atoms with Gasteiger partial charge in [0.25, 0.3) is 5.79 Å². The van der Waals surface area contributed by atoms with E-state index in [9.17, 15) is 0 Å². The van der Waals surface area contributed by atoms with Crippen molar-refractivity contribution in [2.45, 2.75) is 24.0 Å². The van der Waals surface area contributed by atoms with Crippen LogP contribution < -0.4 is 14.2 Å². The third-order valence-corrected chi connectivity index (χ3v) is 5.21. The molecule has 0 aromatic heterocycles. The van der Waals surface area contributed by atoms with Crippen molar-refractivity contribution in [3.8, 4) is 11.5 Å². The number of benzene rings is 3. The highest BCUT2D eigenvalue weighted by Crippen LogP contribution is 2.45. The molecule has 3 nitrogen and oxygen atoms in total. The molecule has 3 aromatic carbocycles. The van der Waals surface area contributed by atoms with Crippen molar-refractivity contribution in [3.05, 3.63) is 90.0 Å². The second-order valence-electron chi connectivity index (χ2n) is 6.36. The number of hydrogen-bond acceptors (Lipinski definition) is 4.